The Hall–Kier alpha value is -0.700. The Morgan fingerprint density at radius 1 is 1.46 bits per heavy atom. The van der Waals surface area contributed by atoms with Crippen LogP contribution >= 0.6 is 11.8 Å². The molecule has 1 aromatic rings. The predicted octanol–water partition coefficient (Wildman–Crippen LogP) is 2.70. The molecule has 0 unspecified atom stereocenters. The molecule has 1 aromatic carbocycles. The fourth-order valence-corrected chi connectivity index (χ4v) is 1.77. The molecule has 0 spiro atoms. The van der Waals surface area contributed by atoms with Crippen molar-refractivity contribution in [2.75, 3.05) is 17.2 Å². The van der Waals surface area contributed by atoms with Crippen molar-refractivity contribution in [1.29, 1.82) is 0 Å². The molecule has 0 radical (unpaired) electrons. The maximum Gasteiger partial charge on any atom is 0.123 e. The molecule has 0 aromatic heterocycles. The third kappa shape index (κ3) is 3.27. The van der Waals surface area contributed by atoms with E-state index in [0.29, 0.717) is 5.69 Å². The largest absolute Gasteiger partial charge is 0.399 e. The van der Waals surface area contributed by atoms with Crippen molar-refractivity contribution >= 4 is 17.4 Å². The van der Waals surface area contributed by atoms with Crippen molar-refractivity contribution < 1.29 is 4.39 Å². The molecule has 1 nitrogen and oxygen atoms in total. The van der Waals surface area contributed by atoms with Gasteiger partial charge in [0, 0.05) is 5.69 Å². The summed E-state index contributed by atoms with van der Waals surface area (Å²) in [7, 11) is 0. The lowest BCUT2D eigenvalue weighted by atomic mass is 10.1. The van der Waals surface area contributed by atoms with Gasteiger partial charge >= 0.3 is 0 Å². The molecule has 0 aliphatic heterocycles. The lowest BCUT2D eigenvalue weighted by Crippen LogP contribution is -1.97. The smallest absolute Gasteiger partial charge is 0.123 e. The molecule has 0 saturated carbocycles. The first-order valence-corrected chi connectivity index (χ1v) is 5.51. The van der Waals surface area contributed by atoms with Crippen LogP contribution in [0.3, 0.4) is 0 Å². The van der Waals surface area contributed by atoms with Crippen molar-refractivity contribution in [3.63, 3.8) is 0 Å². The highest BCUT2D eigenvalue weighted by Gasteiger charge is 2.00. The molecule has 0 saturated heterocycles. The van der Waals surface area contributed by atoms with Crippen LogP contribution in [0, 0.1) is 5.82 Å². The van der Waals surface area contributed by atoms with E-state index in [1.807, 2.05) is 11.8 Å². The Morgan fingerprint density at radius 3 is 2.92 bits per heavy atom. The second-order valence-electron chi connectivity index (χ2n) is 2.79. The van der Waals surface area contributed by atoms with E-state index in [9.17, 15) is 4.39 Å². The summed E-state index contributed by atoms with van der Waals surface area (Å²) in [6, 6.07) is 4.54. The van der Waals surface area contributed by atoms with Crippen LogP contribution in [0.4, 0.5) is 10.1 Å². The van der Waals surface area contributed by atoms with Gasteiger partial charge in [-0.2, -0.15) is 11.8 Å². The Labute approximate surface area is 82.5 Å². The second kappa shape index (κ2) is 5.12. The molecule has 0 atom stereocenters. The monoisotopic (exact) mass is 199 g/mol. The van der Waals surface area contributed by atoms with Crippen molar-refractivity contribution in [1.82, 2.24) is 0 Å². The summed E-state index contributed by atoms with van der Waals surface area (Å²) in [4.78, 5) is 0. The SMILES string of the molecule is CCSCCc1cc(F)ccc1N. The number of anilines is 1. The summed E-state index contributed by atoms with van der Waals surface area (Å²) < 4.78 is 12.8. The van der Waals surface area contributed by atoms with E-state index in [-0.39, 0.29) is 5.82 Å². The first-order valence-electron chi connectivity index (χ1n) is 4.35. The van der Waals surface area contributed by atoms with Gasteiger partial charge in [-0.3, -0.25) is 0 Å². The Kier molecular flexibility index (Phi) is 4.09. The van der Waals surface area contributed by atoms with Crippen molar-refractivity contribution in [2.24, 2.45) is 0 Å². The first-order chi connectivity index (χ1) is 6.24. The van der Waals surface area contributed by atoms with Gasteiger partial charge in [-0.15, -0.1) is 0 Å². The standard InChI is InChI=1S/C10H14FNS/c1-2-13-6-5-8-7-9(11)3-4-10(8)12/h3-4,7H,2,5-6,12H2,1H3. The topological polar surface area (TPSA) is 26.0 Å². The van der Waals surface area contributed by atoms with Crippen LogP contribution in [0.1, 0.15) is 12.5 Å². The molecule has 0 fully saturated rings. The Morgan fingerprint density at radius 2 is 2.23 bits per heavy atom. The third-order valence-electron chi connectivity index (χ3n) is 1.82. The summed E-state index contributed by atoms with van der Waals surface area (Å²) in [5.74, 6) is 1.89. The summed E-state index contributed by atoms with van der Waals surface area (Å²) in [5, 5.41) is 0. The van der Waals surface area contributed by atoms with Gasteiger partial charge in [0.2, 0.25) is 0 Å². The third-order valence-corrected chi connectivity index (χ3v) is 2.73. The summed E-state index contributed by atoms with van der Waals surface area (Å²) in [6.45, 7) is 2.11. The Bertz CT molecular complexity index is 276. The number of hydrogen-bond donors (Lipinski definition) is 1. The highest BCUT2D eigenvalue weighted by molar-refractivity contribution is 7.99. The number of thioether (sulfide) groups is 1. The van der Waals surface area contributed by atoms with Crippen molar-refractivity contribution in [2.45, 2.75) is 13.3 Å². The zero-order valence-electron chi connectivity index (χ0n) is 7.72. The normalized spacial score (nSPS) is 10.3. The van der Waals surface area contributed by atoms with Gasteiger partial charge in [-0.25, -0.2) is 4.39 Å². The summed E-state index contributed by atoms with van der Waals surface area (Å²) in [6.07, 6.45) is 0.849. The molecule has 0 amide bonds. The minimum Gasteiger partial charge on any atom is -0.399 e. The lowest BCUT2D eigenvalue weighted by Gasteiger charge is -2.04. The maximum absolute atomic E-state index is 12.8. The summed E-state index contributed by atoms with van der Waals surface area (Å²) >= 11 is 1.84. The van der Waals surface area contributed by atoms with Gasteiger partial charge in [-0.1, -0.05) is 6.92 Å². The van der Waals surface area contributed by atoms with Gasteiger partial charge in [0.15, 0.2) is 0 Å². The zero-order chi connectivity index (χ0) is 9.68. The number of benzene rings is 1. The minimum absolute atomic E-state index is 0.203. The number of nitrogen functional groups attached to an aromatic ring is 1. The molecule has 2 N–H and O–H groups in total. The molecule has 0 bridgehead atoms. The number of hydrogen-bond acceptors (Lipinski definition) is 2. The van der Waals surface area contributed by atoms with E-state index in [2.05, 4.69) is 6.92 Å². The number of halogens is 1. The molecular weight excluding hydrogens is 185 g/mol. The van der Waals surface area contributed by atoms with Crippen LogP contribution in [-0.2, 0) is 6.42 Å². The second-order valence-corrected chi connectivity index (χ2v) is 4.18. The van der Waals surface area contributed by atoms with Crippen molar-refractivity contribution in [3.8, 4) is 0 Å². The van der Waals surface area contributed by atoms with Crippen molar-refractivity contribution in [3.05, 3.63) is 29.6 Å². The average molecular weight is 199 g/mol. The molecule has 0 heterocycles. The van der Waals surface area contributed by atoms with E-state index >= 15 is 0 Å². The van der Waals surface area contributed by atoms with Gasteiger partial charge < -0.3 is 5.73 Å². The van der Waals surface area contributed by atoms with Crippen LogP contribution < -0.4 is 5.73 Å². The van der Waals surface area contributed by atoms with Gasteiger partial charge in [0.1, 0.15) is 5.82 Å². The van der Waals surface area contributed by atoms with Gasteiger partial charge in [0.05, 0.1) is 0 Å². The molecule has 13 heavy (non-hydrogen) atoms. The quantitative estimate of drug-likeness (QED) is 0.596. The summed E-state index contributed by atoms with van der Waals surface area (Å²) in [5.41, 5.74) is 7.31. The van der Waals surface area contributed by atoms with E-state index in [0.717, 1.165) is 23.5 Å². The van der Waals surface area contributed by atoms with Gasteiger partial charge in [-0.05, 0) is 41.7 Å². The molecule has 1 rings (SSSR count). The number of rotatable bonds is 4. The first kappa shape index (κ1) is 10.4. The molecule has 0 aliphatic rings. The van der Waals surface area contributed by atoms with Crippen LogP contribution in [0.15, 0.2) is 18.2 Å². The fraction of sp³-hybridized carbons (Fsp3) is 0.400. The highest BCUT2D eigenvalue weighted by atomic mass is 32.2. The van der Waals surface area contributed by atoms with E-state index in [4.69, 9.17) is 5.73 Å². The van der Waals surface area contributed by atoms with Crippen LogP contribution in [0.2, 0.25) is 0 Å². The molecule has 72 valence electrons. The number of aryl methyl sites for hydroxylation is 1. The fourth-order valence-electron chi connectivity index (χ4n) is 1.12. The maximum atomic E-state index is 12.8. The predicted molar refractivity (Wildman–Crippen MR) is 57.5 cm³/mol. The van der Waals surface area contributed by atoms with Crippen LogP contribution in [0.25, 0.3) is 0 Å². The van der Waals surface area contributed by atoms with E-state index in [1.54, 1.807) is 6.07 Å². The molecule has 0 aliphatic carbocycles. The minimum atomic E-state index is -0.203. The van der Waals surface area contributed by atoms with E-state index < -0.39 is 0 Å². The van der Waals surface area contributed by atoms with E-state index in [1.165, 1.54) is 12.1 Å². The van der Waals surface area contributed by atoms with Crippen LogP contribution in [0.5, 0.6) is 0 Å². The molecular formula is C10H14FNS. The van der Waals surface area contributed by atoms with Gasteiger partial charge in [0.25, 0.3) is 0 Å². The number of nitrogens with two attached hydrogens (primary N) is 1. The zero-order valence-corrected chi connectivity index (χ0v) is 8.53. The van der Waals surface area contributed by atoms with Crippen LogP contribution in [-0.4, -0.2) is 11.5 Å². The highest BCUT2D eigenvalue weighted by Crippen LogP contribution is 2.15. The lowest BCUT2D eigenvalue weighted by molar-refractivity contribution is 0.626. The molecule has 3 heteroatoms. The Balaban J connectivity index is 2.59. The average Bonchev–Trinajstić information content (AvgIpc) is 2.11.